The van der Waals surface area contributed by atoms with E-state index in [1.54, 1.807) is 10.9 Å². The van der Waals surface area contributed by atoms with Gasteiger partial charge in [-0.25, -0.2) is 4.68 Å². The fourth-order valence-electron chi connectivity index (χ4n) is 1.57. The van der Waals surface area contributed by atoms with E-state index >= 15 is 0 Å². The van der Waals surface area contributed by atoms with Gasteiger partial charge in [-0.15, -0.1) is 5.10 Å². The smallest absolute Gasteiger partial charge is 0.305 e. The van der Waals surface area contributed by atoms with Gasteiger partial charge in [0, 0.05) is 13.2 Å². The van der Waals surface area contributed by atoms with E-state index in [9.17, 15) is 4.79 Å². The molecule has 0 amide bonds. The molecule has 2 rings (SSSR count). The number of aromatic nitrogens is 6. The van der Waals surface area contributed by atoms with Crippen LogP contribution in [0.3, 0.4) is 0 Å². The van der Waals surface area contributed by atoms with Crippen molar-refractivity contribution in [3.05, 3.63) is 11.9 Å². The van der Waals surface area contributed by atoms with Gasteiger partial charge >= 0.3 is 5.97 Å². The Morgan fingerprint density at radius 1 is 1.53 bits per heavy atom. The summed E-state index contributed by atoms with van der Waals surface area (Å²) in [7, 11) is 1.81. The van der Waals surface area contributed by atoms with Gasteiger partial charge in [0.05, 0.1) is 24.2 Å². The van der Waals surface area contributed by atoms with Gasteiger partial charge in [0.15, 0.2) is 5.82 Å². The van der Waals surface area contributed by atoms with E-state index in [-0.39, 0.29) is 13.0 Å². The van der Waals surface area contributed by atoms with Crippen molar-refractivity contribution in [2.75, 3.05) is 0 Å². The number of hydrogen-bond donors (Lipinski definition) is 1. The Balaban J connectivity index is 2.30. The SMILES string of the molecule is Cc1nn(C)cc1-c1nnnn1CCC(=O)O. The summed E-state index contributed by atoms with van der Waals surface area (Å²) in [6.45, 7) is 2.09. The van der Waals surface area contributed by atoms with Crippen molar-refractivity contribution in [3.63, 3.8) is 0 Å². The molecule has 8 nitrogen and oxygen atoms in total. The maximum Gasteiger partial charge on any atom is 0.305 e. The molecule has 0 spiro atoms. The quantitative estimate of drug-likeness (QED) is 0.793. The number of carboxylic acids is 1. The van der Waals surface area contributed by atoms with Crippen molar-refractivity contribution in [1.82, 2.24) is 30.0 Å². The molecule has 8 heteroatoms. The second kappa shape index (κ2) is 4.32. The Morgan fingerprint density at radius 2 is 2.29 bits per heavy atom. The number of nitrogens with zero attached hydrogens (tertiary/aromatic N) is 6. The number of carboxylic acid groups (broad SMARTS) is 1. The van der Waals surface area contributed by atoms with Crippen LogP contribution in [0, 0.1) is 6.92 Å². The molecule has 2 heterocycles. The molecule has 0 aliphatic carbocycles. The Morgan fingerprint density at radius 3 is 2.88 bits per heavy atom. The first-order valence-electron chi connectivity index (χ1n) is 5.06. The highest BCUT2D eigenvalue weighted by Crippen LogP contribution is 2.18. The summed E-state index contributed by atoms with van der Waals surface area (Å²) in [5, 5.41) is 24.1. The van der Waals surface area contributed by atoms with Gasteiger partial charge < -0.3 is 5.11 Å². The first kappa shape index (κ1) is 11.2. The average Bonchev–Trinajstić information content (AvgIpc) is 2.81. The molecule has 0 aliphatic rings. The molecule has 2 aromatic heterocycles. The second-order valence-electron chi connectivity index (χ2n) is 3.67. The van der Waals surface area contributed by atoms with Crippen LogP contribution < -0.4 is 0 Å². The second-order valence-corrected chi connectivity index (χ2v) is 3.67. The monoisotopic (exact) mass is 236 g/mol. The molecule has 0 bridgehead atoms. The van der Waals surface area contributed by atoms with Gasteiger partial charge in [-0.2, -0.15) is 5.10 Å². The predicted octanol–water partition coefficient (Wildman–Crippen LogP) is -0.143. The topological polar surface area (TPSA) is 98.7 Å². The zero-order chi connectivity index (χ0) is 12.4. The summed E-state index contributed by atoms with van der Waals surface area (Å²) >= 11 is 0. The van der Waals surface area contributed by atoms with Crippen LogP contribution in [-0.4, -0.2) is 41.1 Å². The van der Waals surface area contributed by atoms with Crippen molar-refractivity contribution >= 4 is 5.97 Å². The van der Waals surface area contributed by atoms with E-state index in [0.29, 0.717) is 5.82 Å². The van der Waals surface area contributed by atoms with Gasteiger partial charge in [-0.1, -0.05) is 0 Å². The van der Waals surface area contributed by atoms with E-state index in [1.807, 2.05) is 14.0 Å². The fraction of sp³-hybridized carbons (Fsp3) is 0.444. The van der Waals surface area contributed by atoms with Crippen LogP contribution in [0.15, 0.2) is 6.20 Å². The number of carbonyl (C=O) groups is 1. The number of tetrazole rings is 1. The summed E-state index contributed by atoms with van der Waals surface area (Å²) in [5.41, 5.74) is 1.61. The van der Waals surface area contributed by atoms with Crippen molar-refractivity contribution in [2.45, 2.75) is 19.9 Å². The highest BCUT2D eigenvalue weighted by molar-refractivity contribution is 5.66. The molecular formula is C9H12N6O2. The molecule has 0 aromatic carbocycles. The molecule has 0 fully saturated rings. The molecule has 90 valence electrons. The molecular weight excluding hydrogens is 224 g/mol. The van der Waals surface area contributed by atoms with Crippen molar-refractivity contribution in [2.24, 2.45) is 7.05 Å². The summed E-state index contributed by atoms with van der Waals surface area (Å²) in [5.74, 6) is -0.341. The van der Waals surface area contributed by atoms with Crippen molar-refractivity contribution in [1.29, 1.82) is 0 Å². The zero-order valence-electron chi connectivity index (χ0n) is 9.53. The van der Waals surface area contributed by atoms with E-state index in [1.165, 1.54) is 4.68 Å². The third-order valence-electron chi connectivity index (χ3n) is 2.32. The fourth-order valence-corrected chi connectivity index (χ4v) is 1.57. The molecule has 0 radical (unpaired) electrons. The van der Waals surface area contributed by atoms with Crippen LogP contribution in [0.5, 0.6) is 0 Å². The summed E-state index contributed by atoms with van der Waals surface area (Å²) in [4.78, 5) is 10.5. The first-order chi connectivity index (χ1) is 8.08. The molecule has 17 heavy (non-hydrogen) atoms. The number of hydrogen-bond acceptors (Lipinski definition) is 5. The minimum Gasteiger partial charge on any atom is -0.481 e. The highest BCUT2D eigenvalue weighted by Gasteiger charge is 2.14. The highest BCUT2D eigenvalue weighted by atomic mass is 16.4. The van der Waals surface area contributed by atoms with E-state index in [0.717, 1.165) is 11.3 Å². The Kier molecular flexibility index (Phi) is 2.86. The summed E-state index contributed by atoms with van der Waals surface area (Å²) in [6, 6.07) is 0. The van der Waals surface area contributed by atoms with Gasteiger partial charge in [0.25, 0.3) is 0 Å². The third-order valence-corrected chi connectivity index (χ3v) is 2.32. The standard InChI is InChI=1S/C9H12N6O2/c1-6-7(5-14(2)11-6)9-10-12-13-15(9)4-3-8(16)17/h5H,3-4H2,1-2H3,(H,16,17). The molecule has 2 aromatic rings. The molecule has 0 atom stereocenters. The van der Waals surface area contributed by atoms with Crippen LogP contribution in [0.2, 0.25) is 0 Å². The molecule has 1 N–H and O–H groups in total. The number of aliphatic carboxylic acids is 1. The normalized spacial score (nSPS) is 10.7. The lowest BCUT2D eigenvalue weighted by Gasteiger charge is -2.00. The maximum atomic E-state index is 10.5. The average molecular weight is 236 g/mol. The van der Waals surface area contributed by atoms with E-state index < -0.39 is 5.97 Å². The van der Waals surface area contributed by atoms with Crippen LogP contribution in [0.25, 0.3) is 11.4 Å². The van der Waals surface area contributed by atoms with Crippen LogP contribution >= 0.6 is 0 Å². The van der Waals surface area contributed by atoms with Crippen LogP contribution in [0.1, 0.15) is 12.1 Å². The van der Waals surface area contributed by atoms with Crippen LogP contribution in [-0.2, 0) is 18.4 Å². The largest absolute Gasteiger partial charge is 0.481 e. The van der Waals surface area contributed by atoms with Crippen LogP contribution in [0.4, 0.5) is 0 Å². The van der Waals surface area contributed by atoms with Crippen molar-refractivity contribution < 1.29 is 9.90 Å². The zero-order valence-corrected chi connectivity index (χ0v) is 9.53. The molecule has 0 unspecified atom stereocenters. The van der Waals surface area contributed by atoms with E-state index in [2.05, 4.69) is 20.6 Å². The Hall–Kier alpha value is -2.25. The summed E-state index contributed by atoms with van der Waals surface area (Å²) in [6.07, 6.45) is 1.79. The van der Waals surface area contributed by atoms with Gasteiger partial charge in [-0.3, -0.25) is 9.48 Å². The van der Waals surface area contributed by atoms with E-state index in [4.69, 9.17) is 5.11 Å². The lowest BCUT2D eigenvalue weighted by molar-refractivity contribution is -0.137. The molecule has 0 saturated carbocycles. The Bertz CT molecular complexity index is 543. The molecule has 0 aliphatic heterocycles. The number of rotatable bonds is 4. The first-order valence-corrected chi connectivity index (χ1v) is 5.06. The maximum absolute atomic E-state index is 10.5. The minimum absolute atomic E-state index is 0.0165. The van der Waals surface area contributed by atoms with Gasteiger partial charge in [0.1, 0.15) is 0 Å². The predicted molar refractivity (Wildman–Crippen MR) is 57.0 cm³/mol. The minimum atomic E-state index is -0.880. The van der Waals surface area contributed by atoms with Gasteiger partial charge in [0.2, 0.25) is 0 Å². The van der Waals surface area contributed by atoms with Gasteiger partial charge in [-0.05, 0) is 17.4 Å². The van der Waals surface area contributed by atoms with Crippen molar-refractivity contribution in [3.8, 4) is 11.4 Å². The lowest BCUT2D eigenvalue weighted by Crippen LogP contribution is -2.07. The Labute approximate surface area is 96.9 Å². The lowest BCUT2D eigenvalue weighted by atomic mass is 10.2. The summed E-state index contributed by atoms with van der Waals surface area (Å²) < 4.78 is 3.14. The third kappa shape index (κ3) is 2.30. The number of aryl methyl sites for hydroxylation is 3. The molecule has 0 saturated heterocycles.